The average molecular weight is 476 g/mol. The lowest BCUT2D eigenvalue weighted by molar-refractivity contribution is 0.0389. The van der Waals surface area contributed by atoms with Crippen LogP contribution in [-0.2, 0) is 4.74 Å². The van der Waals surface area contributed by atoms with Crippen molar-refractivity contribution in [3.63, 3.8) is 0 Å². The monoisotopic (exact) mass is 476 g/mol. The fraction of sp³-hybridized carbons (Fsp3) is 0.611. The number of nitrogens with zero attached hydrogens (tertiary/aromatic N) is 2. The Hall–Kier alpha value is -0.510. The number of morpholine rings is 1. The number of thioether (sulfide) groups is 1. The maximum atomic E-state index is 5.38. The molecule has 0 unspecified atom stereocenters. The minimum atomic E-state index is 0. The molecule has 2 N–H and O–H groups in total. The number of aliphatic imine (C=N–C) groups is 1. The molecular weight excluding hydrogens is 447 g/mol. The first-order valence-corrected chi connectivity index (χ1v) is 9.60. The lowest BCUT2D eigenvalue weighted by Gasteiger charge is -2.27. The van der Waals surface area contributed by atoms with E-state index in [2.05, 4.69) is 50.9 Å². The lowest BCUT2D eigenvalue weighted by atomic mass is 10.4. The van der Waals surface area contributed by atoms with Crippen molar-refractivity contribution in [2.75, 3.05) is 53.0 Å². The maximum Gasteiger partial charge on any atom is 0.191 e. The molecule has 1 saturated carbocycles. The van der Waals surface area contributed by atoms with E-state index in [1.807, 2.05) is 18.8 Å². The third kappa shape index (κ3) is 6.96. The van der Waals surface area contributed by atoms with E-state index >= 15 is 0 Å². The molecule has 1 saturated heterocycles. The summed E-state index contributed by atoms with van der Waals surface area (Å²) in [5, 5.41) is 6.93. The number of guanidine groups is 1. The van der Waals surface area contributed by atoms with Crippen LogP contribution in [-0.4, -0.2) is 68.6 Å². The highest BCUT2D eigenvalue weighted by atomic mass is 127. The van der Waals surface area contributed by atoms with E-state index in [4.69, 9.17) is 4.74 Å². The van der Waals surface area contributed by atoms with Gasteiger partial charge in [-0.05, 0) is 25.0 Å². The number of nitrogens with one attached hydrogen (secondary N) is 2. The van der Waals surface area contributed by atoms with Crippen LogP contribution >= 0.6 is 35.7 Å². The van der Waals surface area contributed by atoms with Gasteiger partial charge in [-0.1, -0.05) is 18.2 Å². The molecule has 0 radical (unpaired) electrons. The van der Waals surface area contributed by atoms with E-state index < -0.39 is 0 Å². The lowest BCUT2D eigenvalue weighted by Crippen LogP contribution is -2.45. The number of rotatable bonds is 7. The highest BCUT2D eigenvalue weighted by Gasteiger charge is 2.43. The molecule has 0 aromatic heterocycles. The summed E-state index contributed by atoms with van der Waals surface area (Å²) in [6.45, 7) is 6.68. The Labute approximate surface area is 172 Å². The number of ether oxygens (including phenoxy) is 1. The quantitative estimate of drug-likeness (QED) is 0.360. The van der Waals surface area contributed by atoms with E-state index in [9.17, 15) is 0 Å². The van der Waals surface area contributed by atoms with Gasteiger partial charge in [0.15, 0.2) is 5.96 Å². The summed E-state index contributed by atoms with van der Waals surface area (Å²) in [5.41, 5.74) is 0. The maximum absolute atomic E-state index is 5.38. The van der Waals surface area contributed by atoms with Crippen LogP contribution in [0.25, 0.3) is 0 Å². The molecule has 2 aliphatic rings. The third-order valence-electron chi connectivity index (χ3n) is 4.51. The smallest absolute Gasteiger partial charge is 0.191 e. The van der Waals surface area contributed by atoms with E-state index in [1.165, 1.54) is 17.7 Å². The normalized spacial score (nSPS) is 19.8. The second-order valence-corrected chi connectivity index (χ2v) is 7.95. The zero-order chi connectivity index (χ0) is 16.7. The topological polar surface area (TPSA) is 48.9 Å². The fourth-order valence-electron chi connectivity index (χ4n) is 2.82. The molecule has 0 atom stereocenters. The van der Waals surface area contributed by atoms with Gasteiger partial charge >= 0.3 is 0 Å². The molecule has 0 amide bonds. The zero-order valence-corrected chi connectivity index (χ0v) is 18.0. The molecule has 5 nitrogen and oxygen atoms in total. The Morgan fingerprint density at radius 2 is 1.92 bits per heavy atom. The summed E-state index contributed by atoms with van der Waals surface area (Å²) in [6, 6.07) is 10.7. The highest BCUT2D eigenvalue weighted by molar-refractivity contribution is 14.0. The van der Waals surface area contributed by atoms with E-state index in [0.29, 0.717) is 4.75 Å². The molecule has 1 aliphatic heterocycles. The number of hydrogen-bond acceptors (Lipinski definition) is 4. The Bertz CT molecular complexity index is 533. The van der Waals surface area contributed by atoms with Gasteiger partial charge in [-0.15, -0.1) is 35.7 Å². The van der Waals surface area contributed by atoms with Crippen LogP contribution in [0.2, 0.25) is 0 Å². The van der Waals surface area contributed by atoms with Crippen molar-refractivity contribution in [3.8, 4) is 0 Å². The number of halogens is 1. The average Bonchev–Trinajstić information content (AvgIpc) is 3.39. The second kappa shape index (κ2) is 10.6. The molecule has 0 bridgehead atoms. The summed E-state index contributed by atoms with van der Waals surface area (Å²) in [5.74, 6) is 0.906. The van der Waals surface area contributed by atoms with Gasteiger partial charge in [0.1, 0.15) is 0 Å². The summed E-state index contributed by atoms with van der Waals surface area (Å²) in [7, 11) is 1.84. The molecule has 25 heavy (non-hydrogen) atoms. The SMILES string of the molecule is CN=C(NCCN1CCOCC1)NCC1(Sc2ccccc2)CC1.I. The molecular formula is C18H29IN4OS. The van der Waals surface area contributed by atoms with Crippen LogP contribution in [0.1, 0.15) is 12.8 Å². The van der Waals surface area contributed by atoms with Crippen molar-refractivity contribution in [1.82, 2.24) is 15.5 Å². The molecule has 1 aromatic carbocycles. The van der Waals surface area contributed by atoms with Crippen molar-refractivity contribution < 1.29 is 4.74 Å². The second-order valence-electron chi connectivity index (χ2n) is 6.40. The highest BCUT2D eigenvalue weighted by Crippen LogP contribution is 2.51. The van der Waals surface area contributed by atoms with E-state index in [-0.39, 0.29) is 24.0 Å². The first-order chi connectivity index (χ1) is 11.8. The first-order valence-electron chi connectivity index (χ1n) is 8.78. The van der Waals surface area contributed by atoms with Crippen molar-refractivity contribution in [1.29, 1.82) is 0 Å². The molecule has 0 spiro atoms. The Morgan fingerprint density at radius 1 is 1.20 bits per heavy atom. The van der Waals surface area contributed by atoms with Gasteiger partial charge in [-0.25, -0.2) is 0 Å². The Kier molecular flexibility index (Phi) is 8.81. The minimum absolute atomic E-state index is 0. The fourth-order valence-corrected chi connectivity index (χ4v) is 4.06. The van der Waals surface area contributed by atoms with E-state index in [0.717, 1.165) is 51.9 Å². The summed E-state index contributed by atoms with van der Waals surface area (Å²) >= 11 is 1.99. The molecule has 7 heteroatoms. The largest absolute Gasteiger partial charge is 0.379 e. The predicted molar refractivity (Wildman–Crippen MR) is 116 cm³/mol. The number of hydrogen-bond donors (Lipinski definition) is 2. The van der Waals surface area contributed by atoms with Crippen molar-refractivity contribution in [3.05, 3.63) is 30.3 Å². The van der Waals surface area contributed by atoms with Gasteiger partial charge in [0.05, 0.1) is 13.2 Å². The standard InChI is InChI=1S/C18H28N4OS.HI/c1-19-17(20-9-10-22-11-13-23-14-12-22)21-15-18(7-8-18)24-16-5-3-2-4-6-16;/h2-6H,7-15H2,1H3,(H2,19,20,21);1H. The van der Waals surface area contributed by atoms with Crippen LogP contribution in [0.5, 0.6) is 0 Å². The van der Waals surface area contributed by atoms with Crippen LogP contribution in [0.4, 0.5) is 0 Å². The summed E-state index contributed by atoms with van der Waals surface area (Å²) < 4.78 is 5.72. The molecule has 140 valence electrons. The van der Waals surface area contributed by atoms with Gasteiger partial charge in [-0.3, -0.25) is 9.89 Å². The van der Waals surface area contributed by atoms with Crippen LogP contribution in [0, 0.1) is 0 Å². The third-order valence-corrected chi connectivity index (χ3v) is 6.00. The van der Waals surface area contributed by atoms with Crippen molar-refractivity contribution in [2.24, 2.45) is 4.99 Å². The molecule has 2 fully saturated rings. The molecule has 1 heterocycles. The van der Waals surface area contributed by atoms with Crippen LogP contribution < -0.4 is 10.6 Å². The zero-order valence-electron chi connectivity index (χ0n) is 14.9. The Morgan fingerprint density at radius 3 is 2.56 bits per heavy atom. The van der Waals surface area contributed by atoms with Crippen LogP contribution in [0.3, 0.4) is 0 Å². The molecule has 1 aliphatic carbocycles. The number of benzene rings is 1. The Balaban J connectivity index is 0.00000225. The van der Waals surface area contributed by atoms with Gasteiger partial charge in [0, 0.05) is 49.4 Å². The van der Waals surface area contributed by atoms with Crippen molar-refractivity contribution >= 4 is 41.7 Å². The first kappa shape index (κ1) is 20.8. The van der Waals surface area contributed by atoms with Crippen molar-refractivity contribution in [2.45, 2.75) is 22.5 Å². The molecule has 3 rings (SSSR count). The van der Waals surface area contributed by atoms with Gasteiger partial charge in [0.2, 0.25) is 0 Å². The summed E-state index contributed by atoms with van der Waals surface area (Å²) in [4.78, 5) is 8.13. The molecule has 1 aromatic rings. The summed E-state index contributed by atoms with van der Waals surface area (Å²) in [6.07, 6.45) is 2.54. The van der Waals surface area contributed by atoms with Crippen LogP contribution in [0.15, 0.2) is 40.2 Å². The predicted octanol–water partition coefficient (Wildman–Crippen LogP) is 2.43. The van der Waals surface area contributed by atoms with Gasteiger partial charge in [0.25, 0.3) is 0 Å². The van der Waals surface area contributed by atoms with Gasteiger partial charge in [-0.2, -0.15) is 0 Å². The van der Waals surface area contributed by atoms with E-state index in [1.54, 1.807) is 0 Å². The minimum Gasteiger partial charge on any atom is -0.379 e. The van der Waals surface area contributed by atoms with Gasteiger partial charge < -0.3 is 15.4 Å².